The first-order valence-corrected chi connectivity index (χ1v) is 10.0. The Hall–Kier alpha value is -2.44. The Morgan fingerprint density at radius 2 is 1.72 bits per heavy atom. The van der Waals surface area contributed by atoms with Crippen LogP contribution in [-0.2, 0) is 19.6 Å². The van der Waals surface area contributed by atoms with Crippen molar-refractivity contribution in [3.63, 3.8) is 0 Å². The lowest BCUT2D eigenvalue weighted by molar-refractivity contribution is 0.275. The lowest BCUT2D eigenvalue weighted by Gasteiger charge is -2.17. The van der Waals surface area contributed by atoms with Crippen LogP contribution in [0.1, 0.15) is 16.7 Å². The van der Waals surface area contributed by atoms with Crippen LogP contribution in [0.4, 0.5) is 8.78 Å². The summed E-state index contributed by atoms with van der Waals surface area (Å²) in [5, 5.41) is 3.37. The van der Waals surface area contributed by atoms with E-state index >= 15 is 0 Å². The van der Waals surface area contributed by atoms with E-state index < -0.39 is 0 Å². The molecule has 0 bridgehead atoms. The number of halogens is 3. The van der Waals surface area contributed by atoms with Crippen molar-refractivity contribution in [1.82, 2.24) is 5.32 Å². The number of rotatable bonds is 9. The number of hydrogen-bond acceptors (Lipinski definition) is 3. The average molecular weight is 462 g/mol. The molecule has 0 heterocycles. The van der Waals surface area contributed by atoms with Crippen molar-refractivity contribution in [3.8, 4) is 11.5 Å². The fourth-order valence-electron chi connectivity index (χ4n) is 2.93. The van der Waals surface area contributed by atoms with Crippen molar-refractivity contribution in [2.24, 2.45) is 0 Å². The Bertz CT molecular complexity index is 948. The molecule has 0 radical (unpaired) electrons. The molecule has 0 amide bonds. The molecule has 3 aromatic rings. The monoisotopic (exact) mass is 461 g/mol. The second-order valence-corrected chi connectivity index (χ2v) is 7.34. The average Bonchev–Trinajstić information content (AvgIpc) is 2.73. The van der Waals surface area contributed by atoms with Crippen LogP contribution < -0.4 is 14.8 Å². The molecule has 0 atom stereocenters. The molecule has 1 N–H and O–H groups in total. The highest BCUT2D eigenvalue weighted by Gasteiger charge is 2.15. The van der Waals surface area contributed by atoms with Crippen molar-refractivity contribution < 1.29 is 18.3 Å². The summed E-state index contributed by atoms with van der Waals surface area (Å²) >= 11 is 3.56. The zero-order chi connectivity index (χ0) is 20.6. The van der Waals surface area contributed by atoms with Crippen molar-refractivity contribution in [2.45, 2.75) is 19.6 Å². The zero-order valence-electron chi connectivity index (χ0n) is 16.1. The molecular formula is C23H22BrF2NO2. The Kier molecular flexibility index (Phi) is 7.61. The summed E-state index contributed by atoms with van der Waals surface area (Å²) < 4.78 is 39.2. The van der Waals surface area contributed by atoms with Gasteiger partial charge in [-0.25, -0.2) is 8.78 Å². The first kappa shape index (κ1) is 21.3. The summed E-state index contributed by atoms with van der Waals surface area (Å²) in [4.78, 5) is 0. The topological polar surface area (TPSA) is 30.5 Å². The molecule has 0 aliphatic carbocycles. The van der Waals surface area contributed by atoms with Gasteiger partial charge in [0.25, 0.3) is 0 Å². The summed E-state index contributed by atoms with van der Waals surface area (Å²) in [6.07, 6.45) is 0.771. The normalized spacial score (nSPS) is 10.8. The maximum absolute atomic E-state index is 13.9. The van der Waals surface area contributed by atoms with E-state index in [1.54, 1.807) is 37.4 Å². The third-order valence-corrected chi connectivity index (χ3v) is 5.27. The Morgan fingerprint density at radius 3 is 2.45 bits per heavy atom. The Morgan fingerprint density at radius 1 is 0.966 bits per heavy atom. The fourth-order valence-corrected chi connectivity index (χ4v) is 3.38. The van der Waals surface area contributed by atoms with E-state index in [-0.39, 0.29) is 18.2 Å². The second kappa shape index (κ2) is 10.4. The van der Waals surface area contributed by atoms with Crippen LogP contribution in [0.5, 0.6) is 11.5 Å². The largest absolute Gasteiger partial charge is 0.493 e. The van der Waals surface area contributed by atoms with Gasteiger partial charge in [-0.2, -0.15) is 0 Å². The van der Waals surface area contributed by atoms with E-state index in [0.29, 0.717) is 30.2 Å². The molecule has 29 heavy (non-hydrogen) atoms. The van der Waals surface area contributed by atoms with Gasteiger partial charge in [-0.15, -0.1) is 0 Å². The summed E-state index contributed by atoms with van der Waals surface area (Å²) in [6, 6.07) is 16.7. The molecule has 0 saturated carbocycles. The van der Waals surface area contributed by atoms with Gasteiger partial charge in [-0.05, 0) is 48.9 Å². The van der Waals surface area contributed by atoms with E-state index in [1.165, 1.54) is 18.2 Å². The number of ether oxygens (including phenoxy) is 2. The minimum Gasteiger partial charge on any atom is -0.493 e. The standard InChI is InChI=1S/C23H22BrF2NO2/c1-28-22-11-10-20(24)19(14-27-13-12-16-6-8-18(25)9-7-16)23(22)29-15-17-4-2-3-5-21(17)26/h2-11,27H,12-15H2,1H3. The lowest BCUT2D eigenvalue weighted by atomic mass is 10.1. The molecule has 0 aliphatic heterocycles. The van der Waals surface area contributed by atoms with Crippen molar-refractivity contribution in [3.05, 3.63) is 93.5 Å². The highest BCUT2D eigenvalue weighted by Crippen LogP contribution is 2.37. The highest BCUT2D eigenvalue weighted by atomic mass is 79.9. The van der Waals surface area contributed by atoms with Crippen LogP contribution in [0, 0.1) is 11.6 Å². The van der Waals surface area contributed by atoms with E-state index in [0.717, 1.165) is 22.0 Å². The summed E-state index contributed by atoms with van der Waals surface area (Å²) in [7, 11) is 1.57. The summed E-state index contributed by atoms with van der Waals surface area (Å²) in [6.45, 7) is 1.34. The molecule has 0 spiro atoms. The molecule has 0 aromatic heterocycles. The molecule has 0 aliphatic rings. The van der Waals surface area contributed by atoms with Gasteiger partial charge in [0, 0.05) is 22.1 Å². The van der Waals surface area contributed by atoms with Crippen LogP contribution in [0.25, 0.3) is 0 Å². The van der Waals surface area contributed by atoms with Crippen LogP contribution in [0.2, 0.25) is 0 Å². The number of hydrogen-bond donors (Lipinski definition) is 1. The number of nitrogens with one attached hydrogen (secondary N) is 1. The van der Waals surface area contributed by atoms with Gasteiger partial charge in [0.2, 0.25) is 0 Å². The predicted octanol–water partition coefficient (Wildman–Crippen LogP) is 5.65. The van der Waals surface area contributed by atoms with Gasteiger partial charge < -0.3 is 14.8 Å². The third kappa shape index (κ3) is 5.78. The van der Waals surface area contributed by atoms with Gasteiger partial charge in [0.1, 0.15) is 18.2 Å². The lowest BCUT2D eigenvalue weighted by Crippen LogP contribution is -2.18. The minimum absolute atomic E-state index is 0.0993. The third-order valence-electron chi connectivity index (χ3n) is 4.52. The Labute approximate surface area is 177 Å². The summed E-state index contributed by atoms with van der Waals surface area (Å²) in [5.74, 6) is 0.610. The van der Waals surface area contributed by atoms with E-state index in [1.807, 2.05) is 12.1 Å². The van der Waals surface area contributed by atoms with Gasteiger partial charge in [-0.1, -0.05) is 46.3 Å². The first-order chi connectivity index (χ1) is 14.1. The van der Waals surface area contributed by atoms with Crippen molar-refractivity contribution in [2.75, 3.05) is 13.7 Å². The van der Waals surface area contributed by atoms with E-state index in [4.69, 9.17) is 9.47 Å². The Balaban J connectivity index is 1.68. The van der Waals surface area contributed by atoms with Crippen LogP contribution in [0.15, 0.2) is 65.1 Å². The molecule has 0 saturated heterocycles. The van der Waals surface area contributed by atoms with Gasteiger partial charge in [0.15, 0.2) is 11.5 Å². The van der Waals surface area contributed by atoms with Gasteiger partial charge >= 0.3 is 0 Å². The predicted molar refractivity (Wildman–Crippen MR) is 113 cm³/mol. The molecule has 3 rings (SSSR count). The fraction of sp³-hybridized carbons (Fsp3) is 0.217. The van der Waals surface area contributed by atoms with Crippen molar-refractivity contribution in [1.29, 1.82) is 0 Å². The highest BCUT2D eigenvalue weighted by molar-refractivity contribution is 9.10. The van der Waals surface area contributed by atoms with Crippen molar-refractivity contribution >= 4 is 15.9 Å². The molecule has 3 nitrogen and oxygen atoms in total. The van der Waals surface area contributed by atoms with Crippen LogP contribution in [-0.4, -0.2) is 13.7 Å². The number of benzene rings is 3. The first-order valence-electron chi connectivity index (χ1n) is 9.25. The van der Waals surface area contributed by atoms with Gasteiger partial charge in [-0.3, -0.25) is 0 Å². The molecule has 6 heteroatoms. The molecule has 3 aromatic carbocycles. The van der Waals surface area contributed by atoms with E-state index in [2.05, 4.69) is 21.2 Å². The van der Waals surface area contributed by atoms with Crippen LogP contribution >= 0.6 is 15.9 Å². The zero-order valence-corrected chi connectivity index (χ0v) is 17.6. The van der Waals surface area contributed by atoms with Crippen LogP contribution in [0.3, 0.4) is 0 Å². The molecule has 152 valence electrons. The quantitative estimate of drug-likeness (QED) is 0.417. The second-order valence-electron chi connectivity index (χ2n) is 6.49. The number of methoxy groups -OCH3 is 1. The summed E-state index contributed by atoms with van der Waals surface area (Å²) in [5.41, 5.74) is 2.42. The minimum atomic E-state index is -0.305. The van der Waals surface area contributed by atoms with E-state index in [9.17, 15) is 8.78 Å². The smallest absolute Gasteiger partial charge is 0.167 e. The van der Waals surface area contributed by atoms with Gasteiger partial charge in [0.05, 0.1) is 7.11 Å². The SMILES string of the molecule is COc1ccc(Br)c(CNCCc2ccc(F)cc2)c1OCc1ccccc1F. The molecular weight excluding hydrogens is 440 g/mol. The maximum atomic E-state index is 13.9. The molecule has 0 unspecified atom stereocenters. The maximum Gasteiger partial charge on any atom is 0.167 e. The molecule has 0 fully saturated rings.